The summed E-state index contributed by atoms with van der Waals surface area (Å²) in [5.74, 6) is -1.21. The molecule has 1 saturated heterocycles. The lowest BCUT2D eigenvalue weighted by Crippen LogP contribution is -2.25. The van der Waals surface area contributed by atoms with E-state index in [0.29, 0.717) is 19.5 Å². The second kappa shape index (κ2) is 13.2. The number of hydrogen-bond acceptors (Lipinski definition) is 6. The summed E-state index contributed by atoms with van der Waals surface area (Å²) >= 11 is 0. The summed E-state index contributed by atoms with van der Waals surface area (Å²) in [5.41, 5.74) is 0. The van der Waals surface area contributed by atoms with Gasteiger partial charge in [0, 0.05) is 32.4 Å². The molecule has 1 rings (SSSR count). The van der Waals surface area contributed by atoms with Crippen LogP contribution in [0.3, 0.4) is 0 Å². The van der Waals surface area contributed by atoms with Crippen LogP contribution in [0, 0.1) is 0 Å². The van der Waals surface area contributed by atoms with E-state index in [1.165, 1.54) is 0 Å². The van der Waals surface area contributed by atoms with Gasteiger partial charge < -0.3 is 20.1 Å². The maximum atomic E-state index is 11.6. The van der Waals surface area contributed by atoms with Crippen molar-refractivity contribution >= 4 is 23.8 Å². The van der Waals surface area contributed by atoms with Gasteiger partial charge in [-0.05, 0) is 12.8 Å². The van der Waals surface area contributed by atoms with Gasteiger partial charge in [-0.25, -0.2) is 0 Å². The van der Waals surface area contributed by atoms with Crippen LogP contribution in [0.15, 0.2) is 0 Å². The topological polar surface area (TPSA) is 111 Å². The molecule has 0 spiro atoms. The monoisotopic (exact) mass is 356 g/mol. The van der Waals surface area contributed by atoms with Crippen molar-refractivity contribution in [1.82, 2.24) is 10.6 Å². The van der Waals surface area contributed by atoms with Crippen molar-refractivity contribution in [3.05, 3.63) is 0 Å². The number of ether oxygens (including phenoxy) is 2. The summed E-state index contributed by atoms with van der Waals surface area (Å²) in [7, 11) is 0. The zero-order valence-corrected chi connectivity index (χ0v) is 14.6. The lowest BCUT2D eigenvalue weighted by atomic mass is 10.2. The summed E-state index contributed by atoms with van der Waals surface area (Å²) < 4.78 is 9.93. The zero-order chi connectivity index (χ0) is 18.3. The zero-order valence-electron chi connectivity index (χ0n) is 14.6. The molecule has 8 nitrogen and oxygen atoms in total. The Labute approximate surface area is 148 Å². The van der Waals surface area contributed by atoms with Crippen LogP contribution in [-0.4, -0.2) is 50.1 Å². The lowest BCUT2D eigenvalue weighted by Gasteiger charge is -2.07. The number of hydrogen-bond donors (Lipinski definition) is 2. The smallest absolute Gasteiger partial charge is 0.306 e. The second-order valence-corrected chi connectivity index (χ2v) is 5.91. The number of carbonyl (C=O) groups is 4. The number of esters is 2. The Hall–Kier alpha value is -2.12. The van der Waals surface area contributed by atoms with Gasteiger partial charge in [0.05, 0.1) is 26.1 Å². The average molecular weight is 356 g/mol. The predicted molar refractivity (Wildman–Crippen MR) is 89.5 cm³/mol. The molecule has 0 aliphatic carbocycles. The minimum Gasteiger partial charge on any atom is -0.466 e. The molecule has 0 aromatic rings. The van der Waals surface area contributed by atoms with E-state index in [-0.39, 0.29) is 50.7 Å². The van der Waals surface area contributed by atoms with E-state index in [1.807, 2.05) is 0 Å². The molecule has 8 heteroatoms. The highest BCUT2D eigenvalue weighted by Gasteiger charge is 2.10. The summed E-state index contributed by atoms with van der Waals surface area (Å²) in [6.45, 7) is 1.43. The van der Waals surface area contributed by atoms with Gasteiger partial charge in [0.1, 0.15) is 0 Å². The summed E-state index contributed by atoms with van der Waals surface area (Å²) in [5, 5.41) is 5.54. The van der Waals surface area contributed by atoms with E-state index in [4.69, 9.17) is 9.47 Å². The van der Waals surface area contributed by atoms with Crippen molar-refractivity contribution in [1.29, 1.82) is 0 Å². The molecule has 0 saturated carbocycles. The number of rotatable bonds is 0. The van der Waals surface area contributed by atoms with Crippen LogP contribution < -0.4 is 10.6 Å². The molecule has 2 amide bonds. The third kappa shape index (κ3) is 12.0. The first-order chi connectivity index (χ1) is 12.1. The quantitative estimate of drug-likeness (QED) is 0.622. The standard InChI is InChI=1S/C17H28N2O6/c20-14-6-8-16(22)24-12-5-13-25-17(23)9-7-15(21)19-11-4-2-1-3-10-18-14/h1-13H2,(H,18,20)(H,19,21). The Morgan fingerprint density at radius 3 is 1.44 bits per heavy atom. The van der Waals surface area contributed by atoms with Gasteiger partial charge in [0.2, 0.25) is 11.8 Å². The third-order valence-corrected chi connectivity index (χ3v) is 3.68. The van der Waals surface area contributed by atoms with Crippen molar-refractivity contribution in [2.24, 2.45) is 0 Å². The first-order valence-corrected chi connectivity index (χ1v) is 8.92. The van der Waals surface area contributed by atoms with E-state index in [9.17, 15) is 19.2 Å². The minimum absolute atomic E-state index is 0.0411. The Morgan fingerprint density at radius 2 is 1.00 bits per heavy atom. The molecule has 0 aromatic carbocycles. The summed E-state index contributed by atoms with van der Waals surface area (Å²) in [6, 6.07) is 0. The van der Waals surface area contributed by atoms with Gasteiger partial charge in [0.15, 0.2) is 0 Å². The van der Waals surface area contributed by atoms with Crippen molar-refractivity contribution in [3.63, 3.8) is 0 Å². The first kappa shape index (κ1) is 20.9. The highest BCUT2D eigenvalue weighted by molar-refractivity contribution is 5.81. The first-order valence-electron chi connectivity index (χ1n) is 8.92. The van der Waals surface area contributed by atoms with E-state index >= 15 is 0 Å². The molecular weight excluding hydrogens is 328 g/mol. The number of amides is 2. The lowest BCUT2D eigenvalue weighted by molar-refractivity contribution is -0.147. The van der Waals surface area contributed by atoms with E-state index in [0.717, 1.165) is 25.7 Å². The Balaban J connectivity index is 2.34. The van der Waals surface area contributed by atoms with Crippen LogP contribution in [-0.2, 0) is 28.7 Å². The molecule has 1 aliphatic heterocycles. The molecule has 142 valence electrons. The minimum atomic E-state index is -0.441. The van der Waals surface area contributed by atoms with Crippen LogP contribution in [0.2, 0.25) is 0 Å². The molecule has 1 fully saturated rings. The van der Waals surface area contributed by atoms with Crippen LogP contribution >= 0.6 is 0 Å². The molecule has 0 bridgehead atoms. The molecule has 25 heavy (non-hydrogen) atoms. The van der Waals surface area contributed by atoms with E-state index in [1.54, 1.807) is 0 Å². The fourth-order valence-electron chi connectivity index (χ4n) is 2.24. The van der Waals surface area contributed by atoms with Gasteiger partial charge in [-0.3, -0.25) is 19.2 Å². The van der Waals surface area contributed by atoms with Gasteiger partial charge in [0.25, 0.3) is 0 Å². The summed E-state index contributed by atoms with van der Waals surface area (Å²) in [6.07, 6.45) is 4.30. The highest BCUT2D eigenvalue weighted by atomic mass is 16.5. The molecular formula is C17H28N2O6. The predicted octanol–water partition coefficient (Wildman–Crippen LogP) is 0.830. The SMILES string of the molecule is O=C1CCC(=O)OCCCOC(=O)CCC(=O)NCCCCCCN1. The largest absolute Gasteiger partial charge is 0.466 e. The Bertz CT molecular complexity index is 412. The fraction of sp³-hybridized carbons (Fsp3) is 0.765. The van der Waals surface area contributed by atoms with Crippen LogP contribution in [0.5, 0.6) is 0 Å². The van der Waals surface area contributed by atoms with E-state index in [2.05, 4.69) is 10.6 Å². The second-order valence-electron chi connectivity index (χ2n) is 5.91. The number of nitrogens with one attached hydrogen (secondary N) is 2. The number of carbonyl (C=O) groups excluding carboxylic acids is 4. The molecule has 0 atom stereocenters. The third-order valence-electron chi connectivity index (χ3n) is 3.68. The molecule has 0 radical (unpaired) electrons. The van der Waals surface area contributed by atoms with Gasteiger partial charge >= 0.3 is 11.9 Å². The van der Waals surface area contributed by atoms with E-state index < -0.39 is 11.9 Å². The fourth-order valence-corrected chi connectivity index (χ4v) is 2.24. The average Bonchev–Trinajstić information content (AvgIpc) is 2.59. The van der Waals surface area contributed by atoms with Gasteiger partial charge in [-0.2, -0.15) is 0 Å². The Morgan fingerprint density at radius 1 is 0.560 bits per heavy atom. The molecule has 2 N–H and O–H groups in total. The van der Waals surface area contributed by atoms with Crippen LogP contribution in [0.4, 0.5) is 0 Å². The Kier molecular flexibility index (Phi) is 11.0. The van der Waals surface area contributed by atoms with Crippen molar-refractivity contribution in [3.8, 4) is 0 Å². The van der Waals surface area contributed by atoms with Crippen LogP contribution in [0.1, 0.15) is 57.8 Å². The normalized spacial score (nSPS) is 21.1. The highest BCUT2D eigenvalue weighted by Crippen LogP contribution is 2.01. The maximum absolute atomic E-state index is 11.6. The van der Waals surface area contributed by atoms with Crippen LogP contribution in [0.25, 0.3) is 0 Å². The maximum Gasteiger partial charge on any atom is 0.306 e. The van der Waals surface area contributed by atoms with Crippen molar-refractivity contribution < 1.29 is 28.7 Å². The molecule has 0 aromatic heterocycles. The van der Waals surface area contributed by atoms with Gasteiger partial charge in [-0.15, -0.1) is 0 Å². The molecule has 1 heterocycles. The number of cyclic esters (lactones) is 2. The van der Waals surface area contributed by atoms with Gasteiger partial charge in [-0.1, -0.05) is 12.8 Å². The molecule has 1 aliphatic rings. The molecule has 0 unspecified atom stereocenters. The van der Waals surface area contributed by atoms with Crippen molar-refractivity contribution in [2.75, 3.05) is 26.3 Å². The van der Waals surface area contributed by atoms with Crippen molar-refractivity contribution in [2.45, 2.75) is 57.8 Å². The summed E-state index contributed by atoms with van der Waals surface area (Å²) in [4.78, 5) is 46.2.